The first-order valence-corrected chi connectivity index (χ1v) is 16.8. The van der Waals surface area contributed by atoms with Gasteiger partial charge in [-0.15, -0.1) is 0 Å². The Kier molecular flexibility index (Phi) is 9.02. The van der Waals surface area contributed by atoms with E-state index in [1.54, 1.807) is 12.4 Å². The molecule has 0 saturated carbocycles. The molecule has 6 nitrogen and oxygen atoms in total. The summed E-state index contributed by atoms with van der Waals surface area (Å²) >= 11 is 0. The Bertz CT molecular complexity index is 2650. The topological polar surface area (TPSA) is 106 Å². The van der Waals surface area contributed by atoms with E-state index in [1.165, 1.54) is 12.1 Å². The minimum atomic E-state index is -1.40. The van der Waals surface area contributed by atoms with Crippen LogP contribution in [0.4, 0.5) is 0 Å². The fraction of sp³-hybridized carbons (Fsp3) is 0.0667. The number of hydrogen-bond acceptors (Lipinski definition) is 6. The first-order valence-electron chi connectivity index (χ1n) is 16.8. The van der Waals surface area contributed by atoms with Crippen molar-refractivity contribution in [2.45, 2.75) is 19.5 Å². The largest absolute Gasteiger partial charge is 0.504 e. The summed E-state index contributed by atoms with van der Waals surface area (Å²) in [6, 6.07) is 39.2. The number of rotatable bonds is 4. The summed E-state index contributed by atoms with van der Waals surface area (Å²) in [5.41, 5.74) is 5.25. The van der Waals surface area contributed by atoms with E-state index in [1.807, 2.05) is 48.5 Å². The SMILES string of the molecule is Cc1ccc2c3c(ccc2c1)C(/N=C/c1c(O)c(O)cc2ccccc12)(/N=C/c1c(O)c(O)cc2ccccc12)c1ccc2cc(C)ccc2c1-3.[Ni].[Ni]. The van der Waals surface area contributed by atoms with Crippen LogP contribution in [0, 0.1) is 13.8 Å². The zero-order valence-electron chi connectivity index (χ0n) is 28.5. The van der Waals surface area contributed by atoms with Crippen LogP contribution < -0.4 is 0 Å². The van der Waals surface area contributed by atoms with E-state index >= 15 is 0 Å². The molecule has 9 rings (SSSR count). The van der Waals surface area contributed by atoms with Crippen molar-refractivity contribution in [1.29, 1.82) is 0 Å². The first kappa shape index (κ1) is 35.7. The molecule has 0 atom stereocenters. The third kappa shape index (κ3) is 5.53. The zero-order chi connectivity index (χ0) is 35.0. The minimum absolute atomic E-state index is 0. The summed E-state index contributed by atoms with van der Waals surface area (Å²) < 4.78 is 0. The van der Waals surface area contributed by atoms with E-state index in [2.05, 4.69) is 74.5 Å². The Morgan fingerprint density at radius 1 is 0.453 bits per heavy atom. The molecule has 0 amide bonds. The fourth-order valence-electron chi connectivity index (χ4n) is 7.75. The third-order valence-corrected chi connectivity index (χ3v) is 10.2. The minimum Gasteiger partial charge on any atom is -0.504 e. The molecule has 0 radical (unpaired) electrons. The number of aromatic hydroxyl groups is 4. The number of nitrogens with zero attached hydrogens (tertiary/aromatic N) is 2. The second-order valence-electron chi connectivity index (χ2n) is 13.4. The van der Waals surface area contributed by atoms with Crippen LogP contribution >= 0.6 is 0 Å². The van der Waals surface area contributed by atoms with Gasteiger partial charge in [0, 0.05) is 67.7 Å². The molecule has 0 saturated heterocycles. The van der Waals surface area contributed by atoms with Gasteiger partial charge in [0.1, 0.15) is 0 Å². The Balaban J connectivity index is 0.00000218. The van der Waals surface area contributed by atoms with Gasteiger partial charge in [-0.05, 0) is 80.2 Å². The molecule has 8 aromatic carbocycles. The molecule has 0 unspecified atom stereocenters. The average Bonchev–Trinajstić information content (AvgIpc) is 3.41. The smallest absolute Gasteiger partial charge is 0.202 e. The molecule has 1 aliphatic carbocycles. The number of fused-ring (bicyclic) bond motifs is 9. The maximum absolute atomic E-state index is 11.2. The van der Waals surface area contributed by atoms with Crippen LogP contribution in [0.2, 0.25) is 0 Å². The molecule has 1 aliphatic rings. The van der Waals surface area contributed by atoms with Crippen molar-refractivity contribution in [2.75, 3.05) is 0 Å². The number of hydrogen-bond donors (Lipinski definition) is 4. The maximum atomic E-state index is 11.2. The zero-order valence-corrected chi connectivity index (χ0v) is 30.5. The van der Waals surface area contributed by atoms with Gasteiger partial charge in [-0.2, -0.15) is 0 Å². The van der Waals surface area contributed by atoms with Gasteiger partial charge < -0.3 is 20.4 Å². The monoisotopic (exact) mass is 780 g/mol. The van der Waals surface area contributed by atoms with Crippen molar-refractivity contribution >= 4 is 55.5 Å². The quantitative estimate of drug-likeness (QED) is 0.0811. The Labute approximate surface area is 325 Å². The van der Waals surface area contributed by atoms with Gasteiger partial charge in [0.05, 0.1) is 0 Å². The van der Waals surface area contributed by atoms with Gasteiger partial charge in [-0.1, -0.05) is 120 Å². The molecule has 8 heteroatoms. The van der Waals surface area contributed by atoms with Crippen LogP contribution in [-0.4, -0.2) is 32.9 Å². The van der Waals surface area contributed by atoms with Crippen LogP contribution in [0.3, 0.4) is 0 Å². The fourth-order valence-corrected chi connectivity index (χ4v) is 7.75. The second kappa shape index (κ2) is 13.4. The molecular formula is C45H32N2Ni2O4. The van der Waals surface area contributed by atoms with Gasteiger partial charge in [-0.3, -0.25) is 9.98 Å². The van der Waals surface area contributed by atoms with Gasteiger partial charge >= 0.3 is 0 Å². The predicted octanol–water partition coefficient (Wildman–Crippen LogP) is 10.2. The number of aryl methyl sites for hydroxylation is 2. The van der Waals surface area contributed by atoms with Gasteiger partial charge in [-0.25, -0.2) is 0 Å². The number of phenolic OH excluding ortho intramolecular Hbond substituents is 4. The van der Waals surface area contributed by atoms with Gasteiger partial charge in [0.2, 0.25) is 5.66 Å². The van der Waals surface area contributed by atoms with E-state index in [0.29, 0.717) is 21.9 Å². The summed E-state index contributed by atoms with van der Waals surface area (Å²) in [7, 11) is 0. The summed E-state index contributed by atoms with van der Waals surface area (Å²) in [5.74, 6) is -1.07. The number of phenols is 4. The summed E-state index contributed by atoms with van der Waals surface area (Å²) in [5, 5.41) is 51.2. The average molecular weight is 782 g/mol. The molecule has 0 fully saturated rings. The first-order chi connectivity index (χ1) is 24.7. The summed E-state index contributed by atoms with van der Waals surface area (Å²) in [4.78, 5) is 10.6. The van der Waals surface area contributed by atoms with Crippen molar-refractivity contribution in [3.63, 3.8) is 0 Å². The van der Waals surface area contributed by atoms with Gasteiger partial charge in [0.15, 0.2) is 23.0 Å². The van der Waals surface area contributed by atoms with Crippen LogP contribution in [-0.2, 0) is 38.6 Å². The Morgan fingerprint density at radius 2 is 0.849 bits per heavy atom. The number of benzene rings is 8. The standard InChI is InChI=1S/C45H32N2O4.2Ni/c1-25-11-15-33-29(19-25)13-17-37-41(33)42-34-16-12-26(2)20-30(34)14-18-38(42)45(37,46-23-35-31-9-5-3-7-27(31)21-39(48)43(35)50)47-24-36-32-10-6-4-8-28(32)22-40(49)44(36)51;;/h3-24,48-51H,1-2H3;;/b46-23+,47-24+;;. The van der Waals surface area contributed by atoms with Gasteiger partial charge in [0.25, 0.3) is 0 Å². The normalized spacial score (nSPS) is 13.1. The Hall–Kier alpha value is -5.67. The second-order valence-corrected chi connectivity index (χ2v) is 13.4. The van der Waals surface area contributed by atoms with Crippen molar-refractivity contribution in [3.8, 4) is 34.1 Å². The van der Waals surface area contributed by atoms with Crippen molar-refractivity contribution < 1.29 is 53.4 Å². The molecule has 8 aromatic rings. The van der Waals surface area contributed by atoms with Crippen molar-refractivity contribution in [3.05, 3.63) is 155 Å². The van der Waals surface area contributed by atoms with Crippen molar-refractivity contribution in [1.82, 2.24) is 0 Å². The molecule has 0 spiro atoms. The van der Waals surface area contributed by atoms with E-state index in [0.717, 1.165) is 65.7 Å². The van der Waals surface area contributed by atoms with E-state index in [9.17, 15) is 20.4 Å². The van der Waals surface area contributed by atoms with E-state index in [4.69, 9.17) is 9.98 Å². The Morgan fingerprint density at radius 3 is 1.28 bits per heavy atom. The van der Waals surface area contributed by atoms with E-state index < -0.39 is 5.66 Å². The predicted molar refractivity (Wildman–Crippen MR) is 207 cm³/mol. The summed E-state index contributed by atoms with van der Waals surface area (Å²) in [6.45, 7) is 4.16. The third-order valence-electron chi connectivity index (χ3n) is 10.2. The van der Waals surface area contributed by atoms with E-state index in [-0.39, 0.29) is 56.0 Å². The molecule has 266 valence electrons. The molecule has 0 bridgehead atoms. The molecule has 0 aliphatic heterocycles. The molecular weight excluding hydrogens is 750 g/mol. The molecule has 53 heavy (non-hydrogen) atoms. The van der Waals surface area contributed by atoms with Crippen LogP contribution in [0.25, 0.3) is 54.2 Å². The summed E-state index contributed by atoms with van der Waals surface area (Å²) in [6.07, 6.45) is 3.18. The number of aliphatic imine (C=N–C) groups is 2. The molecule has 4 N–H and O–H groups in total. The van der Waals surface area contributed by atoms with Crippen LogP contribution in [0.15, 0.2) is 131 Å². The maximum Gasteiger partial charge on any atom is 0.202 e. The molecule has 0 aromatic heterocycles. The molecule has 0 heterocycles. The van der Waals surface area contributed by atoms with Crippen LogP contribution in [0.1, 0.15) is 33.4 Å². The van der Waals surface area contributed by atoms with Crippen molar-refractivity contribution in [2.24, 2.45) is 9.98 Å². The van der Waals surface area contributed by atoms with Crippen LogP contribution in [0.5, 0.6) is 23.0 Å².